The van der Waals surface area contributed by atoms with Gasteiger partial charge in [0, 0.05) is 31.1 Å². The summed E-state index contributed by atoms with van der Waals surface area (Å²) in [4.78, 5) is 17.6. The lowest BCUT2D eigenvalue weighted by atomic mass is 10.0. The molecule has 10 nitrogen and oxygen atoms in total. The minimum Gasteiger partial charge on any atom is -0.381 e. The van der Waals surface area contributed by atoms with Crippen molar-refractivity contribution in [1.29, 1.82) is 0 Å². The molecule has 3 rings (SSSR count). The van der Waals surface area contributed by atoms with Crippen molar-refractivity contribution in [2.75, 3.05) is 19.0 Å². The molecule has 2 N–H and O–H groups in total. The average molecular weight is 445 g/mol. The summed E-state index contributed by atoms with van der Waals surface area (Å²) in [7, 11) is 1.69. The molecule has 0 aliphatic carbocycles. The Kier molecular flexibility index (Phi) is 7.37. The van der Waals surface area contributed by atoms with E-state index in [4.69, 9.17) is 16.3 Å². The van der Waals surface area contributed by atoms with Crippen LogP contribution in [0.2, 0.25) is 5.02 Å². The molecule has 164 valence electrons. The fraction of sp³-hybridized carbons (Fsp3) is 0.350. The van der Waals surface area contributed by atoms with Gasteiger partial charge < -0.3 is 15.4 Å². The summed E-state index contributed by atoms with van der Waals surface area (Å²) < 4.78 is 7.23. The summed E-state index contributed by atoms with van der Waals surface area (Å²) in [5.74, 6) is 0.545. The Morgan fingerprint density at radius 3 is 2.74 bits per heavy atom. The number of pyridine rings is 1. The van der Waals surface area contributed by atoms with E-state index < -0.39 is 6.03 Å². The predicted octanol–water partition coefficient (Wildman–Crippen LogP) is 3.22. The number of urea groups is 1. The van der Waals surface area contributed by atoms with E-state index in [1.54, 1.807) is 24.1 Å². The number of ether oxygens (including phenoxy) is 1. The summed E-state index contributed by atoms with van der Waals surface area (Å²) in [5.41, 5.74) is 2.59. The van der Waals surface area contributed by atoms with Crippen molar-refractivity contribution in [2.24, 2.45) is 5.10 Å². The molecular weight excluding hydrogens is 420 g/mol. The van der Waals surface area contributed by atoms with Gasteiger partial charge in [-0.25, -0.2) is 14.5 Å². The number of amides is 2. The Morgan fingerprint density at radius 1 is 1.32 bits per heavy atom. The molecule has 1 unspecified atom stereocenters. The molecular formula is C20H25ClN8O2. The molecule has 0 saturated heterocycles. The maximum atomic E-state index is 12.1. The molecule has 11 heteroatoms. The third kappa shape index (κ3) is 5.68. The molecule has 0 fully saturated rings. The SMILES string of the molecule is CO[C@@H](C)C(C)c1cc(C)cn1/N=C\CNC(=O)Nc1cnc(-n2nccn2)c(Cl)c1. The monoisotopic (exact) mass is 444 g/mol. The van der Waals surface area contributed by atoms with Gasteiger partial charge in [0.15, 0.2) is 5.82 Å². The standard InChI is InChI=1S/C20H25ClN8O2/c1-13-9-18(14(2)15(3)31-4)28(12-13)24-6-5-22-20(30)27-16-10-17(21)19(23-11-16)29-25-7-8-26-29/h6-12,14-15H,5H2,1-4H3,(H2,22,27,30)/b24-6-/t14?,15-/m0/s1. The molecule has 0 aromatic carbocycles. The van der Waals surface area contributed by atoms with E-state index in [-0.39, 0.29) is 18.6 Å². The van der Waals surface area contributed by atoms with E-state index in [9.17, 15) is 4.79 Å². The molecule has 0 bridgehead atoms. The lowest BCUT2D eigenvalue weighted by Crippen LogP contribution is -2.30. The number of methoxy groups -OCH3 is 1. The second-order valence-electron chi connectivity index (χ2n) is 7.00. The molecule has 2 atom stereocenters. The van der Waals surface area contributed by atoms with Crippen molar-refractivity contribution >= 4 is 29.5 Å². The highest BCUT2D eigenvalue weighted by Gasteiger charge is 2.18. The number of aryl methyl sites for hydroxylation is 1. The zero-order valence-corrected chi connectivity index (χ0v) is 18.5. The first-order valence-electron chi connectivity index (χ1n) is 9.70. The molecule has 0 aliphatic rings. The number of carbonyl (C=O) groups excluding carboxylic acids is 1. The Bertz CT molecular complexity index is 1050. The molecule has 31 heavy (non-hydrogen) atoms. The fourth-order valence-corrected chi connectivity index (χ4v) is 3.14. The van der Waals surface area contributed by atoms with Crippen LogP contribution in [0.5, 0.6) is 0 Å². The Morgan fingerprint density at radius 2 is 2.06 bits per heavy atom. The van der Waals surface area contributed by atoms with Gasteiger partial charge in [-0.05, 0) is 31.5 Å². The van der Waals surface area contributed by atoms with Gasteiger partial charge in [0.05, 0.1) is 41.9 Å². The summed E-state index contributed by atoms with van der Waals surface area (Å²) in [6.45, 7) is 6.37. The van der Waals surface area contributed by atoms with Crippen LogP contribution in [0.15, 0.2) is 42.0 Å². The van der Waals surface area contributed by atoms with Gasteiger partial charge in [0.2, 0.25) is 0 Å². The zero-order chi connectivity index (χ0) is 22.4. The van der Waals surface area contributed by atoms with Crippen LogP contribution in [0.3, 0.4) is 0 Å². The maximum Gasteiger partial charge on any atom is 0.319 e. The number of nitrogens with one attached hydrogen (secondary N) is 2. The van der Waals surface area contributed by atoms with Crippen LogP contribution >= 0.6 is 11.6 Å². The number of anilines is 1. The van der Waals surface area contributed by atoms with Gasteiger partial charge in [-0.1, -0.05) is 18.5 Å². The highest BCUT2D eigenvalue weighted by atomic mass is 35.5. The molecule has 0 radical (unpaired) electrons. The van der Waals surface area contributed by atoms with Crippen molar-refractivity contribution < 1.29 is 9.53 Å². The first-order valence-corrected chi connectivity index (χ1v) is 10.1. The topological polar surface area (TPSA) is 111 Å². The van der Waals surface area contributed by atoms with Gasteiger partial charge >= 0.3 is 6.03 Å². The van der Waals surface area contributed by atoms with Crippen LogP contribution in [-0.2, 0) is 4.74 Å². The van der Waals surface area contributed by atoms with E-state index in [0.29, 0.717) is 16.5 Å². The summed E-state index contributed by atoms with van der Waals surface area (Å²) in [5, 5.41) is 18.1. The van der Waals surface area contributed by atoms with Gasteiger partial charge in [-0.3, -0.25) is 0 Å². The van der Waals surface area contributed by atoms with Crippen molar-refractivity contribution in [1.82, 2.24) is 30.0 Å². The molecule has 2 amide bonds. The van der Waals surface area contributed by atoms with Gasteiger partial charge in [-0.2, -0.15) is 15.3 Å². The molecule has 3 aromatic heterocycles. The second kappa shape index (κ2) is 10.2. The molecule has 0 aliphatic heterocycles. The molecule has 3 heterocycles. The summed E-state index contributed by atoms with van der Waals surface area (Å²) in [6, 6.07) is 3.25. The minimum absolute atomic E-state index is 0.0584. The van der Waals surface area contributed by atoms with E-state index in [2.05, 4.69) is 43.9 Å². The maximum absolute atomic E-state index is 12.1. The van der Waals surface area contributed by atoms with Crippen LogP contribution < -0.4 is 10.6 Å². The quantitative estimate of drug-likeness (QED) is 0.518. The number of carbonyl (C=O) groups is 1. The minimum atomic E-state index is -0.403. The number of hydrogen-bond donors (Lipinski definition) is 2. The zero-order valence-electron chi connectivity index (χ0n) is 17.8. The van der Waals surface area contributed by atoms with Crippen molar-refractivity contribution in [3.8, 4) is 5.82 Å². The Balaban J connectivity index is 1.55. The Labute approximate surface area is 185 Å². The number of rotatable bonds is 8. The molecule has 3 aromatic rings. The number of halogens is 1. The van der Waals surface area contributed by atoms with E-state index in [1.165, 1.54) is 23.4 Å². The van der Waals surface area contributed by atoms with E-state index in [0.717, 1.165) is 11.3 Å². The number of hydrogen-bond acceptors (Lipinski definition) is 6. The van der Waals surface area contributed by atoms with Crippen molar-refractivity contribution in [2.45, 2.75) is 32.8 Å². The summed E-state index contributed by atoms with van der Waals surface area (Å²) in [6.07, 6.45) is 8.15. The van der Waals surface area contributed by atoms with Crippen molar-refractivity contribution in [3.05, 3.63) is 53.2 Å². The van der Waals surface area contributed by atoms with Gasteiger partial charge in [0.25, 0.3) is 0 Å². The van der Waals surface area contributed by atoms with Crippen LogP contribution in [0, 0.1) is 6.92 Å². The highest BCUT2D eigenvalue weighted by molar-refractivity contribution is 6.32. The van der Waals surface area contributed by atoms with Crippen LogP contribution in [-0.4, -0.2) is 56.7 Å². The average Bonchev–Trinajstić information content (AvgIpc) is 3.40. The van der Waals surface area contributed by atoms with E-state index >= 15 is 0 Å². The predicted molar refractivity (Wildman–Crippen MR) is 119 cm³/mol. The third-order valence-corrected chi connectivity index (χ3v) is 5.03. The third-order valence-electron chi connectivity index (χ3n) is 4.76. The van der Waals surface area contributed by atoms with Gasteiger partial charge in [0.1, 0.15) is 0 Å². The lowest BCUT2D eigenvalue weighted by Gasteiger charge is -2.18. The highest BCUT2D eigenvalue weighted by Crippen LogP contribution is 2.23. The Hall–Kier alpha value is -3.24. The van der Waals surface area contributed by atoms with E-state index in [1.807, 2.05) is 20.0 Å². The fourth-order valence-electron chi connectivity index (χ4n) is 2.90. The summed E-state index contributed by atoms with van der Waals surface area (Å²) >= 11 is 6.21. The number of nitrogens with zero attached hydrogens (tertiary/aromatic N) is 6. The molecule has 0 spiro atoms. The van der Waals surface area contributed by atoms with Crippen molar-refractivity contribution in [3.63, 3.8) is 0 Å². The lowest BCUT2D eigenvalue weighted by molar-refractivity contribution is 0.0970. The first kappa shape index (κ1) is 22.4. The van der Waals surface area contributed by atoms with Crippen LogP contribution in [0.4, 0.5) is 10.5 Å². The second-order valence-corrected chi connectivity index (χ2v) is 7.40. The van der Waals surface area contributed by atoms with Crippen LogP contribution in [0.1, 0.15) is 31.0 Å². The largest absolute Gasteiger partial charge is 0.381 e. The molecule has 0 saturated carbocycles. The van der Waals surface area contributed by atoms with Crippen LogP contribution in [0.25, 0.3) is 5.82 Å². The first-order chi connectivity index (χ1) is 14.9. The number of aromatic nitrogens is 5. The normalized spacial score (nSPS) is 13.3. The smallest absolute Gasteiger partial charge is 0.319 e. The van der Waals surface area contributed by atoms with Gasteiger partial charge in [-0.15, -0.1) is 4.80 Å².